The lowest BCUT2D eigenvalue weighted by Gasteiger charge is -2.03. The Morgan fingerprint density at radius 1 is 0.886 bits per heavy atom. The highest BCUT2D eigenvalue weighted by atomic mass is 32.2. The molecular formula is C27H22N4O2S2. The van der Waals surface area contributed by atoms with Gasteiger partial charge in [0.15, 0.2) is 11.5 Å². The minimum Gasteiger partial charge on any atom is -0.355 e. The molecule has 1 amide bonds. The van der Waals surface area contributed by atoms with Crippen molar-refractivity contribution in [2.75, 3.05) is 5.32 Å². The first kappa shape index (κ1) is 23.0. The summed E-state index contributed by atoms with van der Waals surface area (Å²) in [6.45, 7) is 4.10. The molecule has 6 nitrogen and oxygen atoms in total. The molecule has 0 atom stereocenters. The molecule has 2 heterocycles. The molecule has 174 valence electrons. The van der Waals surface area contributed by atoms with Crippen molar-refractivity contribution in [2.45, 2.75) is 24.5 Å². The van der Waals surface area contributed by atoms with Gasteiger partial charge >= 0.3 is 0 Å². The second-order valence-electron chi connectivity index (χ2n) is 8.11. The number of amides is 1. The summed E-state index contributed by atoms with van der Waals surface area (Å²) < 4.78 is 5.34. The van der Waals surface area contributed by atoms with Crippen LogP contribution >= 0.6 is 23.1 Å². The van der Waals surface area contributed by atoms with Crippen LogP contribution < -0.4 is 5.32 Å². The number of aromatic nitrogens is 3. The number of nitrogens with one attached hydrogen (secondary N) is 1. The fraction of sp³-hybridized carbons (Fsp3) is 0.111. The Bertz CT molecular complexity index is 1440. The number of thioether (sulfide) groups is 1. The Balaban J connectivity index is 1.20. The lowest BCUT2D eigenvalue weighted by atomic mass is 10.1. The number of rotatable bonds is 7. The van der Waals surface area contributed by atoms with Gasteiger partial charge in [0.05, 0.1) is 0 Å². The van der Waals surface area contributed by atoms with E-state index in [1.807, 2.05) is 55.1 Å². The summed E-state index contributed by atoms with van der Waals surface area (Å²) in [7, 11) is 0. The molecule has 35 heavy (non-hydrogen) atoms. The quantitative estimate of drug-likeness (QED) is 0.243. The zero-order chi connectivity index (χ0) is 24.2. The Labute approximate surface area is 211 Å². The van der Waals surface area contributed by atoms with Crippen molar-refractivity contribution in [3.8, 4) is 21.9 Å². The Kier molecular flexibility index (Phi) is 6.74. The van der Waals surface area contributed by atoms with Gasteiger partial charge in [-0.05, 0) is 31.5 Å². The maximum atomic E-state index is 12.6. The van der Waals surface area contributed by atoms with Crippen LogP contribution in [0.2, 0.25) is 0 Å². The Hall–Kier alpha value is -3.75. The molecular weight excluding hydrogens is 476 g/mol. The fourth-order valence-electron chi connectivity index (χ4n) is 3.33. The lowest BCUT2D eigenvalue weighted by Crippen LogP contribution is -2.11. The van der Waals surface area contributed by atoms with Gasteiger partial charge in [-0.3, -0.25) is 10.1 Å². The summed E-state index contributed by atoms with van der Waals surface area (Å²) >= 11 is 3.12. The summed E-state index contributed by atoms with van der Waals surface area (Å²) in [4.78, 5) is 13.9. The lowest BCUT2D eigenvalue weighted by molar-refractivity contribution is 0.101. The molecule has 0 aliphatic heterocycles. The van der Waals surface area contributed by atoms with Crippen molar-refractivity contribution >= 4 is 34.1 Å². The van der Waals surface area contributed by atoms with Gasteiger partial charge in [0, 0.05) is 27.8 Å². The van der Waals surface area contributed by atoms with Gasteiger partial charge in [0.1, 0.15) is 5.01 Å². The van der Waals surface area contributed by atoms with Crippen LogP contribution in [-0.2, 0) is 5.75 Å². The standard InChI is InChI=1S/C27H22N4O2S2/c1-17-3-9-20(10-4-17)24-15-23(31-33-24)25(32)28-27-30-29-26(35-27)21-11-7-19(8-12-21)16-34-22-13-5-18(2)6-14-22/h3-15H,16H2,1-2H3,(H,28,30,32). The molecule has 5 aromatic rings. The van der Waals surface area contributed by atoms with Gasteiger partial charge < -0.3 is 4.52 Å². The Morgan fingerprint density at radius 2 is 1.54 bits per heavy atom. The first-order valence-corrected chi connectivity index (χ1v) is 12.8. The summed E-state index contributed by atoms with van der Waals surface area (Å²) in [5, 5.41) is 16.1. The first-order valence-electron chi connectivity index (χ1n) is 11.0. The molecule has 0 unspecified atom stereocenters. The van der Waals surface area contributed by atoms with Crippen LogP contribution in [0.15, 0.2) is 88.3 Å². The highest BCUT2D eigenvalue weighted by Crippen LogP contribution is 2.29. The van der Waals surface area contributed by atoms with Crippen molar-refractivity contribution in [1.82, 2.24) is 15.4 Å². The van der Waals surface area contributed by atoms with Crippen molar-refractivity contribution in [3.05, 3.63) is 101 Å². The average Bonchev–Trinajstić information content (AvgIpc) is 3.55. The molecule has 0 aliphatic carbocycles. The molecule has 0 radical (unpaired) electrons. The van der Waals surface area contributed by atoms with E-state index in [2.05, 4.69) is 64.0 Å². The van der Waals surface area contributed by atoms with E-state index in [4.69, 9.17) is 4.52 Å². The van der Waals surface area contributed by atoms with Crippen LogP contribution in [0.5, 0.6) is 0 Å². The van der Waals surface area contributed by atoms with Crippen LogP contribution in [0.1, 0.15) is 27.2 Å². The number of anilines is 1. The van der Waals surface area contributed by atoms with Gasteiger partial charge in [0.2, 0.25) is 5.13 Å². The highest BCUT2D eigenvalue weighted by Gasteiger charge is 2.16. The summed E-state index contributed by atoms with van der Waals surface area (Å²) in [5.41, 5.74) is 5.64. The molecule has 0 saturated carbocycles. The number of carbonyl (C=O) groups is 1. The third-order valence-corrected chi connectivity index (χ3v) is 7.32. The Morgan fingerprint density at radius 3 is 2.26 bits per heavy atom. The minimum atomic E-state index is -0.390. The second-order valence-corrected chi connectivity index (χ2v) is 10.1. The first-order chi connectivity index (χ1) is 17.0. The number of hydrogen-bond acceptors (Lipinski definition) is 7. The predicted octanol–water partition coefficient (Wildman–Crippen LogP) is 7.02. The van der Waals surface area contributed by atoms with E-state index in [0.717, 1.165) is 27.5 Å². The normalized spacial score (nSPS) is 10.9. The predicted molar refractivity (Wildman–Crippen MR) is 141 cm³/mol. The second kappa shape index (κ2) is 10.2. The SMILES string of the molecule is Cc1ccc(SCc2ccc(-c3nnc(NC(=O)c4cc(-c5ccc(C)cc5)on4)s3)cc2)cc1. The van der Waals surface area contributed by atoms with Crippen LogP contribution in [0.3, 0.4) is 0 Å². The van der Waals surface area contributed by atoms with Crippen LogP contribution in [0.25, 0.3) is 21.9 Å². The third-order valence-electron chi connectivity index (χ3n) is 5.35. The van der Waals surface area contributed by atoms with Crippen LogP contribution in [0.4, 0.5) is 5.13 Å². The van der Waals surface area contributed by atoms with E-state index in [-0.39, 0.29) is 5.69 Å². The van der Waals surface area contributed by atoms with Crippen molar-refractivity contribution in [3.63, 3.8) is 0 Å². The summed E-state index contributed by atoms with van der Waals surface area (Å²) in [6, 6.07) is 26.2. The molecule has 2 aromatic heterocycles. The van der Waals surface area contributed by atoms with E-state index in [9.17, 15) is 4.79 Å². The topological polar surface area (TPSA) is 80.9 Å². The summed E-state index contributed by atoms with van der Waals surface area (Å²) in [6.07, 6.45) is 0. The van der Waals surface area contributed by atoms with E-state index < -0.39 is 5.91 Å². The van der Waals surface area contributed by atoms with Crippen molar-refractivity contribution < 1.29 is 9.32 Å². The number of aryl methyl sites for hydroxylation is 2. The summed E-state index contributed by atoms with van der Waals surface area (Å²) in [5.74, 6) is 1.04. The monoisotopic (exact) mass is 498 g/mol. The molecule has 8 heteroatoms. The molecule has 0 bridgehead atoms. The van der Waals surface area contributed by atoms with Gasteiger partial charge in [-0.2, -0.15) is 0 Å². The number of hydrogen-bond donors (Lipinski definition) is 1. The average molecular weight is 499 g/mol. The van der Waals surface area contributed by atoms with E-state index in [0.29, 0.717) is 10.9 Å². The molecule has 5 rings (SSSR count). The van der Waals surface area contributed by atoms with Crippen molar-refractivity contribution in [1.29, 1.82) is 0 Å². The fourth-order valence-corrected chi connectivity index (χ4v) is 4.93. The zero-order valence-electron chi connectivity index (χ0n) is 19.2. The highest BCUT2D eigenvalue weighted by molar-refractivity contribution is 7.98. The van der Waals surface area contributed by atoms with Gasteiger partial charge in [-0.1, -0.05) is 88.3 Å². The number of carbonyl (C=O) groups excluding carboxylic acids is 1. The third kappa shape index (κ3) is 5.67. The maximum absolute atomic E-state index is 12.6. The van der Waals surface area contributed by atoms with Crippen LogP contribution in [0, 0.1) is 13.8 Å². The zero-order valence-corrected chi connectivity index (χ0v) is 20.8. The number of benzene rings is 3. The molecule has 0 fully saturated rings. The number of nitrogens with zero attached hydrogens (tertiary/aromatic N) is 3. The molecule has 0 spiro atoms. The molecule has 0 aliphatic rings. The van der Waals surface area contributed by atoms with E-state index in [1.165, 1.54) is 27.4 Å². The van der Waals surface area contributed by atoms with Crippen LogP contribution in [-0.4, -0.2) is 21.3 Å². The molecule has 0 saturated heterocycles. The van der Waals surface area contributed by atoms with Gasteiger partial charge in [-0.15, -0.1) is 22.0 Å². The van der Waals surface area contributed by atoms with Gasteiger partial charge in [0.25, 0.3) is 5.91 Å². The van der Waals surface area contributed by atoms with Gasteiger partial charge in [-0.25, -0.2) is 0 Å². The molecule has 1 N–H and O–H groups in total. The van der Waals surface area contributed by atoms with E-state index in [1.54, 1.807) is 6.07 Å². The largest absolute Gasteiger partial charge is 0.355 e. The molecule has 3 aromatic carbocycles. The smallest absolute Gasteiger partial charge is 0.279 e. The maximum Gasteiger partial charge on any atom is 0.279 e. The van der Waals surface area contributed by atoms with E-state index >= 15 is 0 Å². The van der Waals surface area contributed by atoms with Crippen molar-refractivity contribution in [2.24, 2.45) is 0 Å². The minimum absolute atomic E-state index is 0.188.